The molecule has 40 heavy (non-hydrogen) atoms. The van der Waals surface area contributed by atoms with E-state index in [1.807, 2.05) is 31.2 Å². The molecule has 5 rings (SSSR count). The molecule has 3 aliphatic rings. The number of ether oxygens (including phenoxy) is 2. The van der Waals surface area contributed by atoms with E-state index in [1.54, 1.807) is 37.3 Å². The van der Waals surface area contributed by atoms with Crippen molar-refractivity contribution >= 4 is 51.0 Å². The molecule has 1 spiro atoms. The number of aryl methyl sites for hydroxylation is 1. The van der Waals surface area contributed by atoms with Crippen LogP contribution in [0.25, 0.3) is 0 Å². The van der Waals surface area contributed by atoms with Crippen molar-refractivity contribution in [1.82, 2.24) is 4.90 Å². The molecular formula is C30H32BrClN2O6. The summed E-state index contributed by atoms with van der Waals surface area (Å²) in [6.45, 7) is 7.26. The van der Waals surface area contributed by atoms with Crippen LogP contribution in [0.15, 0.2) is 61.2 Å². The summed E-state index contributed by atoms with van der Waals surface area (Å²) in [7, 11) is 0. The first kappa shape index (κ1) is 28.8. The zero-order chi connectivity index (χ0) is 28.8. The van der Waals surface area contributed by atoms with Crippen LogP contribution in [0.3, 0.4) is 0 Å². The minimum atomic E-state index is -1.32. The lowest BCUT2D eigenvalue weighted by Gasteiger charge is -2.40. The van der Waals surface area contributed by atoms with Crippen LogP contribution < -0.4 is 4.90 Å². The maximum Gasteiger partial charge on any atom is 0.312 e. The zero-order valence-corrected chi connectivity index (χ0v) is 24.7. The van der Waals surface area contributed by atoms with E-state index in [0.29, 0.717) is 22.7 Å². The number of aliphatic hydroxyl groups is 1. The molecule has 2 aromatic rings. The van der Waals surface area contributed by atoms with E-state index in [0.717, 1.165) is 5.56 Å². The average Bonchev–Trinajstić information content (AvgIpc) is 3.52. The van der Waals surface area contributed by atoms with Crippen molar-refractivity contribution in [2.75, 3.05) is 24.7 Å². The molecular weight excluding hydrogens is 600 g/mol. The Bertz CT molecular complexity index is 1300. The van der Waals surface area contributed by atoms with Gasteiger partial charge in [0.15, 0.2) is 0 Å². The van der Waals surface area contributed by atoms with E-state index in [9.17, 15) is 19.5 Å². The highest BCUT2D eigenvalue weighted by Gasteiger charge is 2.77. The van der Waals surface area contributed by atoms with Gasteiger partial charge in [-0.3, -0.25) is 14.4 Å². The molecule has 2 aromatic carbocycles. The lowest BCUT2D eigenvalue weighted by atomic mass is 9.70. The molecule has 0 aromatic heterocycles. The van der Waals surface area contributed by atoms with Crippen LogP contribution in [-0.4, -0.2) is 70.1 Å². The van der Waals surface area contributed by atoms with Gasteiger partial charge in [-0.1, -0.05) is 76.1 Å². The second kappa shape index (κ2) is 11.3. The number of alkyl halides is 1. The molecule has 0 aliphatic carbocycles. The molecule has 0 radical (unpaired) electrons. The number of carbonyl (C=O) groups is 3. The normalized spacial score (nSPS) is 29.3. The summed E-state index contributed by atoms with van der Waals surface area (Å²) < 4.78 is 12.0. The molecule has 1 unspecified atom stereocenters. The van der Waals surface area contributed by atoms with Gasteiger partial charge in [-0.25, -0.2) is 0 Å². The molecule has 3 heterocycles. The van der Waals surface area contributed by atoms with E-state index in [-0.39, 0.29) is 18.0 Å². The third-order valence-electron chi connectivity index (χ3n) is 8.25. The van der Waals surface area contributed by atoms with Gasteiger partial charge < -0.3 is 24.4 Å². The molecule has 3 fully saturated rings. The summed E-state index contributed by atoms with van der Waals surface area (Å²) in [5.41, 5.74) is 0.621. The largest absolute Gasteiger partial charge is 0.466 e. The standard InChI is InChI=1S/C30H32BrClN2O6/c1-4-14-33(24-17(3)10-9-13-20(24)32)28(37)26-30-15-19(31)25(40-30)22(29(38)39-5-2)23(30)27(36)34(26)21(16-35)18-11-7-6-8-12-18/h4,6-13,19,21-23,25-26,35H,1,5,14-16H2,2-3H3/t19?,21-,22+,23-,25+,26+,30-/m1/s1. The predicted molar refractivity (Wildman–Crippen MR) is 154 cm³/mol. The number of halogens is 2. The number of hydrogen-bond acceptors (Lipinski definition) is 6. The number of carbonyl (C=O) groups excluding carboxylic acids is 3. The van der Waals surface area contributed by atoms with E-state index < -0.39 is 60.0 Å². The molecule has 1 N–H and O–H groups in total. The highest BCUT2D eigenvalue weighted by molar-refractivity contribution is 9.09. The molecule has 3 aliphatic heterocycles. The lowest BCUT2D eigenvalue weighted by molar-refractivity contribution is -0.155. The van der Waals surface area contributed by atoms with E-state index in [1.165, 1.54) is 9.80 Å². The smallest absolute Gasteiger partial charge is 0.312 e. The maximum atomic E-state index is 14.8. The van der Waals surface area contributed by atoms with Gasteiger partial charge in [-0.05, 0) is 37.5 Å². The van der Waals surface area contributed by atoms with Gasteiger partial charge in [0.2, 0.25) is 5.91 Å². The monoisotopic (exact) mass is 630 g/mol. The molecule has 3 saturated heterocycles. The lowest BCUT2D eigenvalue weighted by Crippen LogP contribution is -2.57. The number of aliphatic hydroxyl groups excluding tert-OH is 1. The molecule has 0 saturated carbocycles. The van der Waals surface area contributed by atoms with Crippen molar-refractivity contribution in [1.29, 1.82) is 0 Å². The number of nitrogens with zero attached hydrogens (tertiary/aromatic N) is 2. The van der Waals surface area contributed by atoms with Crippen LogP contribution in [0.5, 0.6) is 0 Å². The number of para-hydroxylation sites is 1. The van der Waals surface area contributed by atoms with Gasteiger partial charge in [-0.15, -0.1) is 6.58 Å². The van der Waals surface area contributed by atoms with Gasteiger partial charge in [0.05, 0.1) is 47.9 Å². The molecule has 8 nitrogen and oxygen atoms in total. The van der Waals surface area contributed by atoms with Crippen molar-refractivity contribution in [2.24, 2.45) is 11.8 Å². The van der Waals surface area contributed by atoms with Crippen LogP contribution >= 0.6 is 27.5 Å². The average molecular weight is 632 g/mol. The Morgan fingerprint density at radius 2 is 2.02 bits per heavy atom. The van der Waals surface area contributed by atoms with Crippen LogP contribution in [0.1, 0.15) is 30.5 Å². The maximum absolute atomic E-state index is 14.8. The van der Waals surface area contributed by atoms with Crippen molar-refractivity contribution in [3.63, 3.8) is 0 Å². The number of benzene rings is 2. The van der Waals surface area contributed by atoms with Gasteiger partial charge in [-0.2, -0.15) is 0 Å². The van der Waals surface area contributed by atoms with Crippen LogP contribution in [-0.2, 0) is 23.9 Å². The fourth-order valence-corrected chi connectivity index (χ4v) is 8.02. The number of anilines is 1. The topological polar surface area (TPSA) is 96.4 Å². The Morgan fingerprint density at radius 3 is 2.65 bits per heavy atom. The minimum absolute atomic E-state index is 0.125. The molecule has 7 atom stereocenters. The number of likely N-dealkylation sites (tertiary alicyclic amines) is 1. The molecule has 10 heteroatoms. The van der Waals surface area contributed by atoms with Crippen LogP contribution in [0.4, 0.5) is 5.69 Å². The van der Waals surface area contributed by atoms with Gasteiger partial charge in [0, 0.05) is 11.4 Å². The van der Waals surface area contributed by atoms with Crippen molar-refractivity contribution < 1.29 is 29.0 Å². The van der Waals surface area contributed by atoms with Crippen molar-refractivity contribution in [3.8, 4) is 0 Å². The number of hydrogen-bond donors (Lipinski definition) is 1. The summed E-state index contributed by atoms with van der Waals surface area (Å²) in [5.74, 6) is -3.22. The minimum Gasteiger partial charge on any atom is -0.466 e. The first-order valence-electron chi connectivity index (χ1n) is 13.4. The molecule has 2 bridgehead atoms. The van der Waals surface area contributed by atoms with Crippen LogP contribution in [0, 0.1) is 18.8 Å². The Kier molecular flexibility index (Phi) is 8.12. The third kappa shape index (κ3) is 4.38. The first-order valence-corrected chi connectivity index (χ1v) is 14.6. The third-order valence-corrected chi connectivity index (χ3v) is 9.40. The number of fused-ring (bicyclic) bond motifs is 1. The second-order valence-corrected chi connectivity index (χ2v) is 12.0. The van der Waals surface area contributed by atoms with E-state index in [2.05, 4.69) is 22.5 Å². The highest BCUT2D eigenvalue weighted by Crippen LogP contribution is 2.61. The Labute approximate surface area is 247 Å². The number of amides is 2. The fourth-order valence-electron chi connectivity index (χ4n) is 6.75. The second-order valence-electron chi connectivity index (χ2n) is 10.4. The Balaban J connectivity index is 1.69. The Morgan fingerprint density at radius 1 is 1.30 bits per heavy atom. The van der Waals surface area contributed by atoms with E-state index >= 15 is 0 Å². The Hall–Kier alpha value is -2.72. The summed E-state index contributed by atoms with van der Waals surface area (Å²) >= 11 is 10.3. The molecule has 2 amide bonds. The van der Waals surface area contributed by atoms with Gasteiger partial charge in [0.25, 0.3) is 5.91 Å². The summed E-state index contributed by atoms with van der Waals surface area (Å²) in [4.78, 5) is 45.2. The van der Waals surface area contributed by atoms with Crippen molar-refractivity contribution in [2.45, 2.75) is 48.9 Å². The number of esters is 1. The summed E-state index contributed by atoms with van der Waals surface area (Å²) in [6.07, 6.45) is 1.29. The SMILES string of the molecule is C=CCN(C(=O)[C@@H]1N([C@H](CO)c2ccccc2)C(=O)[C@H]2[C@H](C(=O)OCC)[C@H]3O[C@@]12CC3Br)c1c(C)cccc1Cl. The molecule has 212 valence electrons. The summed E-state index contributed by atoms with van der Waals surface area (Å²) in [6, 6.07) is 12.4. The zero-order valence-electron chi connectivity index (χ0n) is 22.3. The predicted octanol–water partition coefficient (Wildman–Crippen LogP) is 4.21. The van der Waals surface area contributed by atoms with E-state index in [4.69, 9.17) is 21.1 Å². The quantitative estimate of drug-likeness (QED) is 0.253. The number of rotatable bonds is 9. The highest BCUT2D eigenvalue weighted by atomic mass is 79.9. The van der Waals surface area contributed by atoms with Crippen LogP contribution in [0.2, 0.25) is 5.02 Å². The van der Waals surface area contributed by atoms with Crippen molar-refractivity contribution in [3.05, 3.63) is 77.3 Å². The van der Waals surface area contributed by atoms with Gasteiger partial charge >= 0.3 is 5.97 Å². The first-order chi connectivity index (χ1) is 19.2. The fraction of sp³-hybridized carbons (Fsp3) is 0.433. The summed E-state index contributed by atoms with van der Waals surface area (Å²) in [5, 5.41) is 11.0. The van der Waals surface area contributed by atoms with Gasteiger partial charge in [0.1, 0.15) is 11.6 Å².